The Kier molecular flexibility index (Phi) is 12.2. The molecular weight excluding hydrogens is 391 g/mol. The summed E-state index contributed by atoms with van der Waals surface area (Å²) in [6.45, 7) is 5.90. The lowest BCUT2D eigenvalue weighted by atomic mass is 10.1. The van der Waals surface area contributed by atoms with Gasteiger partial charge >= 0.3 is 0 Å². The van der Waals surface area contributed by atoms with Gasteiger partial charge in [0.05, 0.1) is 6.61 Å². The van der Waals surface area contributed by atoms with Crippen LogP contribution in [0.5, 0.6) is 0 Å². The Bertz CT molecular complexity index is 438. The maximum Gasteiger partial charge on any atom is 0.191 e. The molecule has 0 spiro atoms. The number of rotatable bonds is 8. The van der Waals surface area contributed by atoms with Crippen LogP contribution in [0.3, 0.4) is 0 Å². The topological polar surface area (TPSA) is 48.9 Å². The van der Waals surface area contributed by atoms with E-state index in [4.69, 9.17) is 4.74 Å². The smallest absolute Gasteiger partial charge is 0.191 e. The lowest BCUT2D eigenvalue weighted by molar-refractivity contribution is 0.152. The van der Waals surface area contributed by atoms with Crippen LogP contribution in [-0.4, -0.2) is 51.8 Å². The minimum atomic E-state index is 0. The third kappa shape index (κ3) is 9.22. The summed E-state index contributed by atoms with van der Waals surface area (Å²) in [5.41, 5.74) is 2.57. The Morgan fingerprint density at radius 1 is 1.23 bits per heavy atom. The second-order valence-electron chi connectivity index (χ2n) is 5.11. The molecule has 1 aromatic carbocycles. The third-order valence-corrected chi connectivity index (χ3v) is 2.92. The van der Waals surface area contributed by atoms with Gasteiger partial charge in [0.2, 0.25) is 0 Å². The molecule has 0 aromatic heterocycles. The highest BCUT2D eigenvalue weighted by Gasteiger charge is 2.00. The summed E-state index contributed by atoms with van der Waals surface area (Å²) in [4.78, 5) is 6.37. The van der Waals surface area contributed by atoms with Crippen molar-refractivity contribution in [2.24, 2.45) is 4.99 Å². The molecule has 1 aromatic rings. The van der Waals surface area contributed by atoms with E-state index < -0.39 is 0 Å². The molecule has 0 bridgehead atoms. The summed E-state index contributed by atoms with van der Waals surface area (Å²) in [6, 6.07) is 8.60. The van der Waals surface area contributed by atoms with E-state index >= 15 is 0 Å². The van der Waals surface area contributed by atoms with Crippen LogP contribution in [0.2, 0.25) is 0 Å². The van der Waals surface area contributed by atoms with Gasteiger partial charge in [0.1, 0.15) is 0 Å². The Morgan fingerprint density at radius 3 is 2.59 bits per heavy atom. The van der Waals surface area contributed by atoms with Crippen LogP contribution in [0.4, 0.5) is 0 Å². The van der Waals surface area contributed by atoms with Gasteiger partial charge in [0.25, 0.3) is 0 Å². The van der Waals surface area contributed by atoms with E-state index in [9.17, 15) is 0 Å². The molecule has 0 aliphatic heterocycles. The average Bonchev–Trinajstić information content (AvgIpc) is 2.46. The van der Waals surface area contributed by atoms with Crippen LogP contribution < -0.4 is 10.6 Å². The van der Waals surface area contributed by atoms with Crippen molar-refractivity contribution in [1.82, 2.24) is 15.5 Å². The summed E-state index contributed by atoms with van der Waals surface area (Å²) in [6.07, 6.45) is 0. The van der Waals surface area contributed by atoms with Gasteiger partial charge in [-0.1, -0.05) is 24.3 Å². The zero-order chi connectivity index (χ0) is 15.5. The maximum atomic E-state index is 5.29. The van der Waals surface area contributed by atoms with Gasteiger partial charge in [-0.05, 0) is 32.1 Å². The standard InChI is InChI=1S/C16H28N4O.HI/c1-5-21-10-9-18-16(17-2)19-12-14-7-6-8-15(11-14)13-20(3)4;/h6-8,11H,5,9-10,12-13H2,1-4H3,(H2,17,18,19);1H. The Hall–Kier alpha value is -0.860. The fourth-order valence-corrected chi connectivity index (χ4v) is 2.00. The molecule has 6 heteroatoms. The van der Waals surface area contributed by atoms with Gasteiger partial charge in [-0.2, -0.15) is 0 Å². The van der Waals surface area contributed by atoms with Crippen LogP contribution in [0.15, 0.2) is 29.3 Å². The molecule has 0 saturated heterocycles. The van der Waals surface area contributed by atoms with E-state index in [1.54, 1.807) is 7.05 Å². The van der Waals surface area contributed by atoms with Crippen molar-refractivity contribution in [1.29, 1.82) is 0 Å². The molecule has 1 rings (SSSR count). The maximum absolute atomic E-state index is 5.29. The number of guanidine groups is 1. The lowest BCUT2D eigenvalue weighted by Gasteiger charge is -2.13. The predicted octanol–water partition coefficient (Wildman–Crippen LogP) is 2.07. The molecule has 0 radical (unpaired) electrons. The van der Waals surface area contributed by atoms with E-state index in [2.05, 4.69) is 58.9 Å². The van der Waals surface area contributed by atoms with Crippen LogP contribution in [0.25, 0.3) is 0 Å². The van der Waals surface area contributed by atoms with Crippen molar-refractivity contribution in [3.05, 3.63) is 35.4 Å². The van der Waals surface area contributed by atoms with Gasteiger partial charge < -0.3 is 20.3 Å². The number of benzene rings is 1. The molecule has 0 aliphatic carbocycles. The monoisotopic (exact) mass is 420 g/mol. The fraction of sp³-hybridized carbons (Fsp3) is 0.562. The van der Waals surface area contributed by atoms with E-state index in [1.807, 2.05) is 6.92 Å². The number of nitrogens with one attached hydrogen (secondary N) is 2. The Balaban J connectivity index is 0.00000441. The average molecular weight is 420 g/mol. The number of hydrogen-bond acceptors (Lipinski definition) is 3. The SMILES string of the molecule is CCOCCNC(=NC)NCc1cccc(CN(C)C)c1.I. The minimum Gasteiger partial charge on any atom is -0.380 e. The molecule has 0 aliphatic rings. The van der Waals surface area contributed by atoms with E-state index in [1.165, 1.54) is 11.1 Å². The fourth-order valence-electron chi connectivity index (χ4n) is 2.00. The molecule has 0 amide bonds. The molecule has 5 nitrogen and oxygen atoms in total. The van der Waals surface area contributed by atoms with Crippen LogP contribution in [-0.2, 0) is 17.8 Å². The van der Waals surface area contributed by atoms with E-state index in [-0.39, 0.29) is 24.0 Å². The lowest BCUT2D eigenvalue weighted by Crippen LogP contribution is -2.38. The molecule has 0 atom stereocenters. The second kappa shape index (κ2) is 12.7. The molecule has 2 N–H and O–H groups in total. The number of nitrogens with zero attached hydrogens (tertiary/aromatic N) is 2. The van der Waals surface area contributed by atoms with Gasteiger partial charge in [-0.3, -0.25) is 4.99 Å². The van der Waals surface area contributed by atoms with Crippen LogP contribution in [0, 0.1) is 0 Å². The highest BCUT2D eigenvalue weighted by atomic mass is 127. The number of hydrogen-bond donors (Lipinski definition) is 2. The Morgan fingerprint density at radius 2 is 1.95 bits per heavy atom. The molecule has 0 fully saturated rings. The van der Waals surface area contributed by atoms with Crippen molar-refractivity contribution in [2.45, 2.75) is 20.0 Å². The normalized spacial score (nSPS) is 11.2. The zero-order valence-corrected chi connectivity index (χ0v) is 16.4. The minimum absolute atomic E-state index is 0. The molecule has 0 saturated carbocycles. The molecular formula is C16H29IN4O. The molecule has 0 unspecified atom stereocenters. The first-order valence-corrected chi connectivity index (χ1v) is 7.40. The van der Waals surface area contributed by atoms with Crippen LogP contribution >= 0.6 is 24.0 Å². The summed E-state index contributed by atoms with van der Waals surface area (Å²) in [5, 5.41) is 6.54. The van der Waals surface area contributed by atoms with Gasteiger partial charge in [-0.15, -0.1) is 24.0 Å². The third-order valence-electron chi connectivity index (χ3n) is 2.92. The first kappa shape index (κ1) is 21.1. The Labute approximate surface area is 151 Å². The highest BCUT2D eigenvalue weighted by molar-refractivity contribution is 14.0. The molecule has 22 heavy (non-hydrogen) atoms. The van der Waals surface area contributed by atoms with E-state index in [0.29, 0.717) is 6.61 Å². The predicted molar refractivity (Wildman–Crippen MR) is 104 cm³/mol. The van der Waals surface area contributed by atoms with Crippen molar-refractivity contribution < 1.29 is 4.74 Å². The van der Waals surface area contributed by atoms with Gasteiger partial charge in [0, 0.05) is 33.3 Å². The second-order valence-corrected chi connectivity index (χ2v) is 5.11. The number of halogens is 1. The zero-order valence-electron chi connectivity index (χ0n) is 14.1. The molecule has 126 valence electrons. The number of aliphatic imine (C=N–C) groups is 1. The van der Waals surface area contributed by atoms with Crippen molar-refractivity contribution in [3.63, 3.8) is 0 Å². The summed E-state index contributed by atoms with van der Waals surface area (Å²) >= 11 is 0. The molecule has 0 heterocycles. The van der Waals surface area contributed by atoms with Gasteiger partial charge in [0.15, 0.2) is 5.96 Å². The largest absolute Gasteiger partial charge is 0.380 e. The van der Waals surface area contributed by atoms with Crippen molar-refractivity contribution in [2.75, 3.05) is 40.9 Å². The highest BCUT2D eigenvalue weighted by Crippen LogP contribution is 2.06. The summed E-state index contributed by atoms with van der Waals surface area (Å²) in [7, 11) is 5.93. The van der Waals surface area contributed by atoms with Crippen LogP contribution in [0.1, 0.15) is 18.1 Å². The summed E-state index contributed by atoms with van der Waals surface area (Å²) in [5.74, 6) is 0.799. The quantitative estimate of drug-likeness (QED) is 0.293. The number of ether oxygens (including phenoxy) is 1. The van der Waals surface area contributed by atoms with E-state index in [0.717, 1.165) is 32.2 Å². The van der Waals surface area contributed by atoms with Crippen molar-refractivity contribution >= 4 is 29.9 Å². The van der Waals surface area contributed by atoms with Gasteiger partial charge in [-0.25, -0.2) is 0 Å². The van der Waals surface area contributed by atoms with Crippen molar-refractivity contribution in [3.8, 4) is 0 Å². The first-order valence-electron chi connectivity index (χ1n) is 7.40. The first-order chi connectivity index (χ1) is 10.2. The summed E-state index contributed by atoms with van der Waals surface area (Å²) < 4.78 is 5.29.